The number of benzene rings is 7. The second-order valence-electron chi connectivity index (χ2n) is 12.2. The highest BCUT2D eigenvalue weighted by atomic mass is 16.1. The Morgan fingerprint density at radius 2 is 0.535 bits per heavy atom. The number of carbonyl (C=O) groups excluding carboxylic acids is 1. The average Bonchev–Trinajstić information content (AvgIpc) is 4.29. The summed E-state index contributed by atoms with van der Waals surface area (Å²) >= 11 is 0. The van der Waals surface area contributed by atoms with Crippen molar-refractivity contribution in [1.82, 2.24) is 0 Å². The summed E-state index contributed by atoms with van der Waals surface area (Å²) in [6, 6.07) is 60.9. The van der Waals surface area contributed by atoms with Gasteiger partial charge in [-0.3, -0.25) is 4.79 Å². The second kappa shape index (κ2) is 54.6. The van der Waals surface area contributed by atoms with Crippen molar-refractivity contribution in [1.29, 1.82) is 0 Å². The van der Waals surface area contributed by atoms with Crippen LogP contribution in [0.15, 0.2) is 218 Å². The molecule has 381 valence electrons. The summed E-state index contributed by atoms with van der Waals surface area (Å²) in [4.78, 5) is 11.9. The molecule has 1 aliphatic carbocycles. The Bertz CT molecular complexity index is 2150. The van der Waals surface area contributed by atoms with E-state index in [0.717, 1.165) is 22.3 Å². The Morgan fingerprint density at radius 3 is 0.803 bits per heavy atom. The topological polar surface area (TPSA) is 17.1 Å². The first kappa shape index (κ1) is 78.8. The lowest BCUT2D eigenvalue weighted by Crippen LogP contribution is -2.09. The van der Waals surface area contributed by atoms with Gasteiger partial charge in [0.1, 0.15) is 0 Å². The van der Waals surface area contributed by atoms with Crippen molar-refractivity contribution < 1.29 is 4.79 Å². The zero-order valence-corrected chi connectivity index (χ0v) is 41.6. The summed E-state index contributed by atoms with van der Waals surface area (Å²) in [7, 11) is 6.24. The van der Waals surface area contributed by atoms with Gasteiger partial charge < -0.3 is 0 Å². The van der Waals surface area contributed by atoms with Crippen molar-refractivity contribution in [3.05, 3.63) is 240 Å². The first-order valence-corrected chi connectivity index (χ1v) is 23.8. The summed E-state index contributed by atoms with van der Waals surface area (Å²) in [5, 5.41) is 2.62. The number of carbonyl (C=O) groups is 1. The molecule has 71 heavy (non-hydrogen) atoms. The third-order valence-corrected chi connectivity index (χ3v) is 8.61. The molecule has 0 bridgehead atoms. The Hall–Kier alpha value is -6.38. The molecule has 3 aliphatic heterocycles. The molecule has 4 aliphatic rings. The van der Waals surface area contributed by atoms with Gasteiger partial charge in [0.25, 0.3) is 0 Å². The van der Waals surface area contributed by atoms with E-state index in [9.17, 15) is 4.79 Å². The summed E-state index contributed by atoms with van der Waals surface area (Å²) < 4.78 is 0. The lowest BCUT2D eigenvalue weighted by Gasteiger charge is -1.96. The minimum absolute atomic E-state index is 0. The molecule has 0 aromatic heterocycles. The number of hydrogen-bond donors (Lipinski definition) is 0. The lowest BCUT2D eigenvalue weighted by atomic mass is 9.74. The van der Waals surface area contributed by atoms with Crippen molar-refractivity contribution in [3.63, 3.8) is 0 Å². The van der Waals surface area contributed by atoms with Crippen LogP contribution in [-0.4, -0.2) is 27.6 Å². The van der Waals surface area contributed by atoms with Gasteiger partial charge in [-0.2, -0.15) is 0 Å². The second-order valence-corrected chi connectivity index (χ2v) is 12.2. The van der Waals surface area contributed by atoms with E-state index in [1.54, 1.807) is 0 Å². The van der Waals surface area contributed by atoms with Crippen LogP contribution in [0.2, 0.25) is 0 Å². The van der Waals surface area contributed by atoms with Gasteiger partial charge in [-0.1, -0.05) is 345 Å². The van der Waals surface area contributed by atoms with Gasteiger partial charge in [-0.25, -0.2) is 0 Å². The van der Waals surface area contributed by atoms with E-state index in [4.69, 9.17) is 0 Å². The van der Waals surface area contributed by atoms with Gasteiger partial charge in [-0.05, 0) is 33.0 Å². The molecule has 0 saturated heterocycles. The summed E-state index contributed by atoms with van der Waals surface area (Å²) in [6.07, 6.45) is 8.24. The maximum atomic E-state index is 11.9. The molecule has 0 amide bonds. The van der Waals surface area contributed by atoms with Crippen molar-refractivity contribution in [3.8, 4) is 11.1 Å². The monoisotopic (exact) mass is 952 g/mol. The number of fused-ring (bicyclic) bond motifs is 6. The fraction of sp³-hybridized carbons (Fsp3) is 0.269. The first-order valence-electron chi connectivity index (χ1n) is 23.8. The number of allylic oxidation sites excluding steroid dienone is 2. The van der Waals surface area contributed by atoms with Crippen molar-refractivity contribution >= 4 is 61.5 Å². The van der Waals surface area contributed by atoms with Crippen LogP contribution in [0.4, 0.5) is 0 Å². The van der Waals surface area contributed by atoms with Crippen molar-refractivity contribution in [2.24, 2.45) is 0 Å². The van der Waals surface area contributed by atoms with E-state index in [0.29, 0.717) is 0 Å². The Morgan fingerprint density at radius 1 is 0.282 bits per heavy atom. The lowest BCUT2D eigenvalue weighted by molar-refractivity contribution is 0.104. The molecule has 1 nitrogen and oxygen atoms in total. The Balaban J connectivity index is -0.000000133. The van der Waals surface area contributed by atoms with Crippen LogP contribution >= 0.6 is 0 Å². The number of hydrogen-bond acceptors (Lipinski definition) is 1. The number of rotatable bonds is 0. The standard InChI is InChI=1S/C13H8O.C10H8.2C8H6B.C6H6.C4H4B.6C2H6.6CH4/c14-13-11-7-3-1-5-9(11)10-6-2-4-8-12(10)13;1-2-6-10-8-4-3-7-9(10)5-1;2*1-2-4-8-7(3-1)5-6-9-8;1-2-4-6-5-3-1;1-2-4-5-3-1;6*1-2;;;;;;/h1-8H;1-8H;2*1-6H;1-6H;1-4H;6*1-2H3;6*1H4. The molecule has 0 N–H and O–H groups in total. The fourth-order valence-corrected chi connectivity index (χ4v) is 5.96. The van der Waals surface area contributed by atoms with Crippen LogP contribution in [0.25, 0.3) is 34.1 Å². The van der Waals surface area contributed by atoms with Crippen LogP contribution in [-0.2, 0) is 0 Å². The predicted molar refractivity (Wildman–Crippen MR) is 340 cm³/mol. The molecule has 0 spiro atoms. The molecule has 0 atom stereocenters. The molecule has 0 unspecified atom stereocenters. The van der Waals surface area contributed by atoms with Crippen LogP contribution in [0.3, 0.4) is 0 Å². The summed E-state index contributed by atoms with van der Waals surface area (Å²) in [6.45, 7) is 24.0. The SMILES string of the molecule is C.C.C.C.C.C.CC.CC.CC.CC.CC.CC.O=C1c2ccccc2-c2ccccc21.[B]1C=CC=C1.[B]1C=Cc2ccccc21.[B]1C=Cc2ccccc21.c1ccc2ccccc2c1.c1ccccc1. The highest BCUT2D eigenvalue weighted by Gasteiger charge is 2.24. The fourth-order valence-electron chi connectivity index (χ4n) is 5.96. The summed E-state index contributed by atoms with van der Waals surface area (Å²) in [5.74, 6) is 8.30. The van der Waals surface area contributed by atoms with Crippen molar-refractivity contribution in [2.45, 2.75) is 128 Å². The quantitative estimate of drug-likeness (QED) is 0.138. The van der Waals surface area contributed by atoms with E-state index < -0.39 is 0 Å². The molecule has 0 saturated carbocycles. The Kier molecular flexibility index (Phi) is 60.5. The highest BCUT2D eigenvalue weighted by molar-refractivity contribution is 6.63. The van der Waals surface area contributed by atoms with Gasteiger partial charge in [0.2, 0.25) is 0 Å². The zero-order valence-electron chi connectivity index (χ0n) is 41.6. The molecule has 7 aromatic rings. The van der Waals surface area contributed by atoms with Gasteiger partial charge in [0.15, 0.2) is 27.6 Å². The molecule has 3 heterocycles. The van der Waals surface area contributed by atoms with E-state index in [1.165, 1.54) is 32.8 Å². The van der Waals surface area contributed by atoms with Gasteiger partial charge in [-0.15, -0.1) is 23.9 Å². The van der Waals surface area contributed by atoms with Crippen molar-refractivity contribution in [2.75, 3.05) is 0 Å². The summed E-state index contributed by atoms with van der Waals surface area (Å²) in [5.41, 5.74) is 9.11. The molecule has 0 fully saturated rings. The molecular weight excluding hydrogens is 853 g/mol. The van der Waals surface area contributed by atoms with Crippen LogP contribution in [0, 0.1) is 0 Å². The Labute approximate surface area is 443 Å². The molecule has 3 radical (unpaired) electrons. The van der Waals surface area contributed by atoms with Crippen LogP contribution in [0.1, 0.15) is 155 Å². The van der Waals surface area contributed by atoms with Gasteiger partial charge in [0, 0.05) is 11.1 Å². The van der Waals surface area contributed by atoms with Gasteiger partial charge >= 0.3 is 0 Å². The van der Waals surface area contributed by atoms with E-state index >= 15 is 0 Å². The first-order chi connectivity index (χ1) is 32.3. The van der Waals surface area contributed by atoms with E-state index in [2.05, 4.69) is 136 Å². The normalized spacial score (nSPS) is 9.44. The molecule has 4 heteroatoms. The minimum Gasteiger partial charge on any atom is -0.289 e. The minimum atomic E-state index is 0. The molecule has 11 rings (SSSR count). The maximum Gasteiger partial charge on any atom is 0.194 e. The highest BCUT2D eigenvalue weighted by Crippen LogP contribution is 2.35. The third kappa shape index (κ3) is 29.4. The van der Waals surface area contributed by atoms with E-state index in [-0.39, 0.29) is 50.3 Å². The average molecular weight is 952 g/mol. The third-order valence-electron chi connectivity index (χ3n) is 8.61. The predicted octanol–water partition coefficient (Wildman–Crippen LogP) is 20.1. The smallest absolute Gasteiger partial charge is 0.194 e. The van der Waals surface area contributed by atoms with Crippen LogP contribution in [0.5, 0.6) is 0 Å². The number of ketones is 1. The maximum absolute atomic E-state index is 11.9. The molecular formula is C67H98B3O. The van der Waals surface area contributed by atoms with Crippen LogP contribution < -0.4 is 10.9 Å². The molecule has 7 aromatic carbocycles. The zero-order chi connectivity index (χ0) is 48.3. The van der Waals surface area contributed by atoms with E-state index in [1.807, 2.05) is 199 Å². The van der Waals surface area contributed by atoms with Gasteiger partial charge in [0.05, 0.1) is 0 Å². The largest absolute Gasteiger partial charge is 0.289 e.